The number of rotatable bonds is 7. The summed E-state index contributed by atoms with van der Waals surface area (Å²) in [6.07, 6.45) is 3.50. The lowest BCUT2D eigenvalue weighted by molar-refractivity contribution is 0.0947. The van der Waals surface area contributed by atoms with E-state index in [4.69, 9.17) is 9.47 Å². The van der Waals surface area contributed by atoms with Crippen LogP contribution in [0.1, 0.15) is 53.0 Å². The fourth-order valence-corrected chi connectivity index (χ4v) is 3.31. The first-order valence-corrected chi connectivity index (χ1v) is 9.50. The van der Waals surface area contributed by atoms with Gasteiger partial charge in [-0.2, -0.15) is 0 Å². The van der Waals surface area contributed by atoms with Gasteiger partial charge < -0.3 is 24.7 Å². The predicted octanol–water partition coefficient (Wildman–Crippen LogP) is 2.63. The van der Waals surface area contributed by atoms with Gasteiger partial charge >= 0.3 is 0 Å². The number of nitrogens with zero attached hydrogens (tertiary/aromatic N) is 2. The first-order chi connectivity index (χ1) is 13.6. The van der Waals surface area contributed by atoms with Crippen LogP contribution in [0.2, 0.25) is 0 Å². The highest BCUT2D eigenvalue weighted by molar-refractivity contribution is 6.04. The topological polar surface area (TPSA) is 94.5 Å². The van der Waals surface area contributed by atoms with Gasteiger partial charge in [0, 0.05) is 19.2 Å². The van der Waals surface area contributed by atoms with Gasteiger partial charge in [-0.05, 0) is 37.8 Å². The van der Waals surface area contributed by atoms with Crippen molar-refractivity contribution in [3.63, 3.8) is 0 Å². The summed E-state index contributed by atoms with van der Waals surface area (Å²) in [7, 11) is 3.09. The molecule has 0 bridgehead atoms. The molecule has 1 aromatic heterocycles. The molecule has 28 heavy (non-hydrogen) atoms. The summed E-state index contributed by atoms with van der Waals surface area (Å²) >= 11 is 0. The Morgan fingerprint density at radius 2 is 2.00 bits per heavy atom. The number of carbonyl (C=O) groups excluding carboxylic acids is 2. The summed E-state index contributed by atoms with van der Waals surface area (Å²) in [6.45, 7) is 3.23. The van der Waals surface area contributed by atoms with Crippen LogP contribution in [-0.2, 0) is 13.0 Å². The molecule has 150 valence electrons. The van der Waals surface area contributed by atoms with Crippen LogP contribution in [0.5, 0.6) is 11.5 Å². The number of amides is 2. The fraction of sp³-hybridized carbons (Fsp3) is 0.450. The number of anilines is 1. The van der Waals surface area contributed by atoms with E-state index in [-0.39, 0.29) is 17.6 Å². The Labute approximate surface area is 164 Å². The fourth-order valence-electron chi connectivity index (χ4n) is 3.31. The average Bonchev–Trinajstić information content (AvgIpc) is 3.12. The van der Waals surface area contributed by atoms with Crippen LogP contribution in [-0.4, -0.2) is 42.1 Å². The van der Waals surface area contributed by atoms with Gasteiger partial charge in [0.25, 0.3) is 11.8 Å². The van der Waals surface area contributed by atoms with Gasteiger partial charge in [0.2, 0.25) is 0 Å². The number of nitrogens with one attached hydrogen (secondary N) is 2. The molecule has 0 saturated carbocycles. The first kappa shape index (κ1) is 19.7. The molecule has 0 radical (unpaired) electrons. The summed E-state index contributed by atoms with van der Waals surface area (Å²) in [5.74, 6) is 0.734. The normalized spacial score (nSPS) is 12.8. The Morgan fingerprint density at radius 1 is 1.18 bits per heavy atom. The standard InChI is InChI=1S/C20H26N4O4/c1-4-10-21-19(25)17-15-7-5-6-11-24(15)18(23-17)20(26)22-14-12-13(27-2)8-9-16(14)28-3/h8-9,12H,4-7,10-11H2,1-3H3,(H,21,25)(H,22,26). The first-order valence-electron chi connectivity index (χ1n) is 9.50. The molecule has 2 aromatic rings. The van der Waals surface area contributed by atoms with E-state index in [1.54, 1.807) is 25.3 Å². The van der Waals surface area contributed by atoms with Crippen LogP contribution in [0.4, 0.5) is 5.69 Å². The van der Waals surface area contributed by atoms with Crippen molar-refractivity contribution >= 4 is 17.5 Å². The number of carbonyl (C=O) groups is 2. The zero-order valence-electron chi connectivity index (χ0n) is 16.5. The molecule has 0 fully saturated rings. The van der Waals surface area contributed by atoms with E-state index in [0.29, 0.717) is 36.0 Å². The molecule has 8 heteroatoms. The van der Waals surface area contributed by atoms with Crippen molar-refractivity contribution in [1.82, 2.24) is 14.9 Å². The van der Waals surface area contributed by atoms with Crippen LogP contribution in [0.15, 0.2) is 18.2 Å². The molecular formula is C20H26N4O4. The van der Waals surface area contributed by atoms with Crippen molar-refractivity contribution < 1.29 is 19.1 Å². The number of aromatic nitrogens is 2. The Hall–Kier alpha value is -3.03. The van der Waals surface area contributed by atoms with Crippen molar-refractivity contribution in [2.75, 3.05) is 26.1 Å². The molecule has 1 aliphatic rings. The molecular weight excluding hydrogens is 360 g/mol. The predicted molar refractivity (Wildman–Crippen MR) is 105 cm³/mol. The lowest BCUT2D eigenvalue weighted by atomic mass is 10.1. The molecule has 2 amide bonds. The minimum atomic E-state index is -0.385. The number of imidazole rings is 1. The summed E-state index contributed by atoms with van der Waals surface area (Å²) in [6, 6.07) is 5.16. The molecule has 0 saturated heterocycles. The van der Waals surface area contributed by atoms with Gasteiger partial charge in [-0.3, -0.25) is 9.59 Å². The minimum Gasteiger partial charge on any atom is -0.497 e. The number of benzene rings is 1. The Morgan fingerprint density at radius 3 is 2.71 bits per heavy atom. The van der Waals surface area contributed by atoms with E-state index in [9.17, 15) is 9.59 Å². The molecule has 2 N–H and O–H groups in total. The molecule has 1 aliphatic heterocycles. The number of fused-ring (bicyclic) bond motifs is 1. The molecule has 0 atom stereocenters. The maximum absolute atomic E-state index is 13.0. The Bertz CT molecular complexity index is 875. The van der Waals surface area contributed by atoms with Crippen molar-refractivity contribution in [1.29, 1.82) is 0 Å². The molecule has 0 unspecified atom stereocenters. The van der Waals surface area contributed by atoms with Crippen molar-refractivity contribution in [2.45, 2.75) is 39.2 Å². The Balaban J connectivity index is 1.92. The second-order valence-corrected chi connectivity index (χ2v) is 6.62. The minimum absolute atomic E-state index is 0.231. The molecule has 8 nitrogen and oxygen atoms in total. The number of hydrogen-bond acceptors (Lipinski definition) is 5. The van der Waals surface area contributed by atoms with E-state index in [1.165, 1.54) is 7.11 Å². The number of hydrogen-bond donors (Lipinski definition) is 2. The molecule has 2 heterocycles. The molecule has 0 aliphatic carbocycles. The van der Waals surface area contributed by atoms with Crippen LogP contribution in [0, 0.1) is 0 Å². The quantitative estimate of drug-likeness (QED) is 0.763. The van der Waals surface area contributed by atoms with Crippen LogP contribution in [0.25, 0.3) is 0 Å². The number of ether oxygens (including phenoxy) is 2. The lowest BCUT2D eigenvalue weighted by Gasteiger charge is -2.17. The van der Waals surface area contributed by atoms with Gasteiger partial charge in [-0.15, -0.1) is 0 Å². The average molecular weight is 386 g/mol. The highest BCUT2D eigenvalue weighted by atomic mass is 16.5. The summed E-state index contributed by atoms with van der Waals surface area (Å²) < 4.78 is 12.4. The second-order valence-electron chi connectivity index (χ2n) is 6.62. The molecule has 1 aromatic carbocycles. The van der Waals surface area contributed by atoms with Gasteiger partial charge in [0.1, 0.15) is 17.2 Å². The van der Waals surface area contributed by atoms with Crippen molar-refractivity contribution in [3.8, 4) is 11.5 Å². The van der Waals surface area contributed by atoms with Gasteiger partial charge in [-0.25, -0.2) is 4.98 Å². The third kappa shape index (κ3) is 3.95. The van der Waals surface area contributed by atoms with Gasteiger partial charge in [0.15, 0.2) is 5.82 Å². The number of methoxy groups -OCH3 is 2. The SMILES string of the molecule is CCCNC(=O)c1nc(C(=O)Nc2cc(OC)ccc2OC)n2c1CCCC2. The van der Waals surface area contributed by atoms with Crippen molar-refractivity contribution in [2.24, 2.45) is 0 Å². The summed E-state index contributed by atoms with van der Waals surface area (Å²) in [5, 5.41) is 5.69. The van der Waals surface area contributed by atoms with Crippen LogP contribution < -0.4 is 20.1 Å². The lowest BCUT2D eigenvalue weighted by Crippen LogP contribution is -2.26. The van der Waals surface area contributed by atoms with Crippen LogP contribution in [0.3, 0.4) is 0 Å². The van der Waals surface area contributed by atoms with Gasteiger partial charge in [-0.1, -0.05) is 6.92 Å². The van der Waals surface area contributed by atoms with E-state index in [0.717, 1.165) is 31.4 Å². The van der Waals surface area contributed by atoms with E-state index in [1.807, 2.05) is 11.5 Å². The van der Waals surface area contributed by atoms with Gasteiger partial charge in [0.05, 0.1) is 25.6 Å². The zero-order valence-corrected chi connectivity index (χ0v) is 16.5. The highest BCUT2D eigenvalue weighted by Gasteiger charge is 2.27. The monoisotopic (exact) mass is 386 g/mol. The zero-order chi connectivity index (χ0) is 20.1. The molecule has 3 rings (SSSR count). The highest BCUT2D eigenvalue weighted by Crippen LogP contribution is 2.30. The Kier molecular flexibility index (Phi) is 6.18. The summed E-state index contributed by atoms with van der Waals surface area (Å²) in [5.41, 5.74) is 1.65. The maximum Gasteiger partial charge on any atom is 0.291 e. The molecule has 0 spiro atoms. The third-order valence-corrected chi connectivity index (χ3v) is 4.73. The summed E-state index contributed by atoms with van der Waals surface area (Å²) in [4.78, 5) is 29.9. The maximum atomic E-state index is 13.0. The van der Waals surface area contributed by atoms with E-state index in [2.05, 4.69) is 15.6 Å². The second kappa shape index (κ2) is 8.77. The smallest absolute Gasteiger partial charge is 0.291 e. The van der Waals surface area contributed by atoms with E-state index < -0.39 is 0 Å². The van der Waals surface area contributed by atoms with Crippen molar-refractivity contribution in [3.05, 3.63) is 35.4 Å². The van der Waals surface area contributed by atoms with Crippen LogP contribution >= 0.6 is 0 Å². The largest absolute Gasteiger partial charge is 0.497 e. The third-order valence-electron chi connectivity index (χ3n) is 4.73. The van der Waals surface area contributed by atoms with E-state index >= 15 is 0 Å².